The molecule has 3 aromatic rings. The molecule has 0 aliphatic carbocycles. The first-order chi connectivity index (χ1) is 12.6. The molecule has 0 amide bonds. The Hall–Kier alpha value is -3.01. The molecule has 0 saturated carbocycles. The van der Waals surface area contributed by atoms with Gasteiger partial charge in [-0.15, -0.1) is 10.2 Å². The largest absolute Gasteiger partial charge is 0.368 e. The lowest BCUT2D eigenvalue weighted by Gasteiger charge is -2.35. The lowest BCUT2D eigenvalue weighted by Crippen LogP contribution is -2.46. The van der Waals surface area contributed by atoms with Crippen LogP contribution in [0.2, 0.25) is 0 Å². The van der Waals surface area contributed by atoms with E-state index in [0.29, 0.717) is 10.8 Å². The summed E-state index contributed by atoms with van der Waals surface area (Å²) >= 11 is 1.41. The second-order valence-corrected chi connectivity index (χ2v) is 6.91. The number of piperazine rings is 1. The van der Waals surface area contributed by atoms with Gasteiger partial charge in [0.25, 0.3) is 5.82 Å². The minimum atomic E-state index is -0.457. The molecule has 26 heavy (non-hydrogen) atoms. The van der Waals surface area contributed by atoms with Gasteiger partial charge in [0, 0.05) is 31.9 Å². The maximum Gasteiger partial charge on any atom is 0.342 e. The van der Waals surface area contributed by atoms with Crippen molar-refractivity contribution in [2.75, 3.05) is 36.0 Å². The summed E-state index contributed by atoms with van der Waals surface area (Å²) in [6.45, 7) is 3.52. The molecule has 2 aromatic heterocycles. The van der Waals surface area contributed by atoms with Crippen LogP contribution in [0.1, 0.15) is 0 Å². The van der Waals surface area contributed by atoms with Gasteiger partial charge in [-0.25, -0.2) is 9.55 Å². The zero-order valence-electron chi connectivity index (χ0n) is 14.1. The van der Waals surface area contributed by atoms with E-state index < -0.39 is 4.92 Å². The van der Waals surface area contributed by atoms with Gasteiger partial charge in [-0.1, -0.05) is 29.5 Å². The van der Waals surface area contributed by atoms with Gasteiger partial charge < -0.3 is 19.9 Å². The molecule has 0 atom stereocenters. The van der Waals surface area contributed by atoms with Crippen LogP contribution in [0.5, 0.6) is 0 Å². The maximum atomic E-state index is 11.0. The maximum absolute atomic E-state index is 11.0. The van der Waals surface area contributed by atoms with Gasteiger partial charge in [0.15, 0.2) is 0 Å². The average Bonchev–Trinajstić information content (AvgIpc) is 3.29. The van der Waals surface area contributed by atoms with E-state index in [9.17, 15) is 10.1 Å². The number of aromatic nitrogens is 4. The molecule has 0 radical (unpaired) electrons. The SMILES string of the molecule is Cn1c([N+](=O)[O-])cnc1-c1nnc(N2CCN(c3ccccc3)CC2)s1. The lowest BCUT2D eigenvalue weighted by molar-refractivity contribution is -0.391. The molecule has 0 spiro atoms. The number of para-hydroxylation sites is 1. The number of hydrogen-bond donors (Lipinski definition) is 0. The van der Waals surface area contributed by atoms with Gasteiger partial charge in [-0.3, -0.25) is 0 Å². The first-order valence-electron chi connectivity index (χ1n) is 8.18. The minimum absolute atomic E-state index is 0.0618. The Labute approximate surface area is 153 Å². The second-order valence-electron chi connectivity index (χ2n) is 5.96. The van der Waals surface area contributed by atoms with Gasteiger partial charge in [0.05, 0.1) is 7.05 Å². The molecular weight excluding hydrogens is 354 g/mol. The molecular formula is C16H17N7O2S. The lowest BCUT2D eigenvalue weighted by atomic mass is 10.2. The third-order valence-electron chi connectivity index (χ3n) is 4.43. The first-order valence-corrected chi connectivity index (χ1v) is 9.00. The summed E-state index contributed by atoms with van der Waals surface area (Å²) in [5, 5.41) is 20.8. The summed E-state index contributed by atoms with van der Waals surface area (Å²) in [5.74, 6) is 0.400. The molecule has 0 unspecified atom stereocenters. The van der Waals surface area contributed by atoms with Crippen molar-refractivity contribution in [3.05, 3.63) is 46.6 Å². The molecule has 0 N–H and O–H groups in total. The first kappa shape index (κ1) is 16.5. The molecule has 134 valence electrons. The normalized spacial score (nSPS) is 14.7. The second kappa shape index (κ2) is 6.71. The number of imidazole rings is 1. The highest BCUT2D eigenvalue weighted by molar-refractivity contribution is 7.18. The van der Waals surface area contributed by atoms with Crippen molar-refractivity contribution in [3.63, 3.8) is 0 Å². The highest BCUT2D eigenvalue weighted by Crippen LogP contribution is 2.30. The average molecular weight is 371 g/mol. The molecule has 1 saturated heterocycles. The van der Waals surface area contributed by atoms with Crippen LogP contribution in [0.3, 0.4) is 0 Å². The minimum Gasteiger partial charge on any atom is -0.368 e. The number of rotatable bonds is 4. The Kier molecular flexibility index (Phi) is 4.25. The van der Waals surface area contributed by atoms with Crippen LogP contribution in [0.15, 0.2) is 36.5 Å². The molecule has 1 aliphatic rings. The van der Waals surface area contributed by atoms with E-state index in [-0.39, 0.29) is 5.82 Å². The third kappa shape index (κ3) is 2.99. The van der Waals surface area contributed by atoms with Gasteiger partial charge in [0.2, 0.25) is 10.1 Å². The summed E-state index contributed by atoms with van der Waals surface area (Å²) < 4.78 is 1.43. The molecule has 4 rings (SSSR count). The van der Waals surface area contributed by atoms with Crippen molar-refractivity contribution in [2.45, 2.75) is 0 Å². The third-order valence-corrected chi connectivity index (χ3v) is 5.41. The number of hydrogen-bond acceptors (Lipinski definition) is 8. The van der Waals surface area contributed by atoms with Crippen LogP contribution in [-0.4, -0.2) is 50.9 Å². The molecule has 9 nitrogen and oxygen atoms in total. The van der Waals surface area contributed by atoms with Crippen molar-refractivity contribution < 1.29 is 4.92 Å². The van der Waals surface area contributed by atoms with E-state index in [0.717, 1.165) is 31.3 Å². The van der Waals surface area contributed by atoms with Crippen molar-refractivity contribution in [2.24, 2.45) is 7.05 Å². The topological polar surface area (TPSA) is 93.2 Å². The van der Waals surface area contributed by atoms with E-state index in [1.807, 2.05) is 18.2 Å². The number of nitrogens with zero attached hydrogens (tertiary/aromatic N) is 7. The molecule has 10 heteroatoms. The Balaban J connectivity index is 1.47. The van der Waals surface area contributed by atoms with Crippen molar-refractivity contribution in [1.29, 1.82) is 0 Å². The van der Waals surface area contributed by atoms with Gasteiger partial charge in [-0.2, -0.15) is 0 Å². The van der Waals surface area contributed by atoms with Crippen LogP contribution in [0, 0.1) is 10.1 Å². The fraction of sp³-hybridized carbons (Fsp3) is 0.312. The van der Waals surface area contributed by atoms with Crippen molar-refractivity contribution >= 4 is 28.0 Å². The Morgan fingerprint density at radius 3 is 2.42 bits per heavy atom. The summed E-state index contributed by atoms with van der Waals surface area (Å²) in [6, 6.07) is 10.3. The highest BCUT2D eigenvalue weighted by atomic mass is 32.1. The zero-order chi connectivity index (χ0) is 18.1. The smallest absolute Gasteiger partial charge is 0.342 e. The Bertz CT molecular complexity index is 916. The fourth-order valence-electron chi connectivity index (χ4n) is 3.00. The van der Waals surface area contributed by atoms with Gasteiger partial charge in [-0.05, 0) is 17.1 Å². The predicted octanol–water partition coefficient (Wildman–Crippen LogP) is 2.17. The fourth-order valence-corrected chi connectivity index (χ4v) is 3.93. The van der Waals surface area contributed by atoms with E-state index in [1.54, 1.807) is 7.05 Å². The van der Waals surface area contributed by atoms with E-state index in [1.165, 1.54) is 27.8 Å². The molecule has 1 aliphatic heterocycles. The quantitative estimate of drug-likeness (QED) is 0.512. The van der Waals surface area contributed by atoms with E-state index in [4.69, 9.17) is 0 Å². The number of benzene rings is 1. The van der Waals surface area contributed by atoms with Crippen LogP contribution in [0.25, 0.3) is 10.8 Å². The molecule has 1 aromatic carbocycles. The standard InChI is InChI=1S/C16H17N7O2S/c1-20-13(23(24)25)11-17-14(20)15-18-19-16(26-15)22-9-7-21(8-10-22)12-5-3-2-4-6-12/h2-6,11H,7-10H2,1H3. The van der Waals surface area contributed by atoms with Gasteiger partial charge >= 0.3 is 5.82 Å². The van der Waals surface area contributed by atoms with Crippen LogP contribution in [-0.2, 0) is 7.05 Å². The molecule has 3 heterocycles. The highest BCUT2D eigenvalue weighted by Gasteiger charge is 2.24. The summed E-state index contributed by atoms with van der Waals surface area (Å²) in [4.78, 5) is 19.2. The summed E-state index contributed by atoms with van der Waals surface area (Å²) in [5.41, 5.74) is 1.23. The zero-order valence-corrected chi connectivity index (χ0v) is 15.0. The summed E-state index contributed by atoms with van der Waals surface area (Å²) in [7, 11) is 1.61. The molecule has 1 fully saturated rings. The van der Waals surface area contributed by atoms with Crippen LogP contribution in [0.4, 0.5) is 16.6 Å². The Morgan fingerprint density at radius 2 is 1.77 bits per heavy atom. The Morgan fingerprint density at radius 1 is 1.08 bits per heavy atom. The van der Waals surface area contributed by atoms with E-state index in [2.05, 4.69) is 37.1 Å². The van der Waals surface area contributed by atoms with Crippen molar-refractivity contribution in [1.82, 2.24) is 19.7 Å². The van der Waals surface area contributed by atoms with Crippen molar-refractivity contribution in [3.8, 4) is 10.8 Å². The molecule has 0 bridgehead atoms. The summed E-state index contributed by atoms with van der Waals surface area (Å²) in [6.07, 6.45) is 1.25. The van der Waals surface area contributed by atoms with Crippen LogP contribution >= 0.6 is 11.3 Å². The van der Waals surface area contributed by atoms with Crippen LogP contribution < -0.4 is 9.80 Å². The van der Waals surface area contributed by atoms with E-state index >= 15 is 0 Å². The predicted molar refractivity (Wildman–Crippen MR) is 99.6 cm³/mol. The number of nitro groups is 1. The van der Waals surface area contributed by atoms with Gasteiger partial charge in [0.1, 0.15) is 6.20 Å². The number of anilines is 2. The monoisotopic (exact) mass is 371 g/mol.